The van der Waals surface area contributed by atoms with Gasteiger partial charge in [-0.3, -0.25) is 18.6 Å². The van der Waals surface area contributed by atoms with Crippen LogP contribution in [0.2, 0.25) is 5.02 Å². The summed E-state index contributed by atoms with van der Waals surface area (Å²) in [6.07, 6.45) is 1.32. The maximum absolute atomic E-state index is 15.4. The number of aromatic nitrogens is 5. The summed E-state index contributed by atoms with van der Waals surface area (Å²) in [5.74, 6) is -8.89. The third-order valence-corrected chi connectivity index (χ3v) is 7.28. The van der Waals surface area contributed by atoms with Crippen molar-refractivity contribution in [1.82, 2.24) is 23.9 Å². The molecule has 9 nitrogen and oxygen atoms in total. The summed E-state index contributed by atoms with van der Waals surface area (Å²) in [6.45, 7) is -2.23. The Hall–Kier alpha value is -5.03. The molecule has 0 spiro atoms. The first kappa shape index (κ1) is 28.1. The molecule has 0 amide bonds. The number of benzene rings is 3. The molecule has 0 fully saturated rings. The maximum Gasteiger partial charge on any atom is 0.332 e. The van der Waals surface area contributed by atoms with Crippen molar-refractivity contribution < 1.29 is 26.7 Å². The summed E-state index contributed by atoms with van der Waals surface area (Å²) in [6, 6.07) is 8.31. The van der Waals surface area contributed by atoms with Crippen LogP contribution in [0.25, 0.3) is 22.0 Å². The Kier molecular flexibility index (Phi) is 6.57. The van der Waals surface area contributed by atoms with Gasteiger partial charge < -0.3 is 4.74 Å². The van der Waals surface area contributed by atoms with E-state index in [-0.39, 0.29) is 38.6 Å². The van der Waals surface area contributed by atoms with Crippen LogP contribution >= 0.6 is 11.6 Å². The van der Waals surface area contributed by atoms with Crippen molar-refractivity contribution in [2.24, 2.45) is 7.05 Å². The highest BCUT2D eigenvalue weighted by atomic mass is 35.5. The van der Waals surface area contributed by atoms with Gasteiger partial charge in [0.05, 0.1) is 35.8 Å². The van der Waals surface area contributed by atoms with Crippen LogP contribution in [0, 0.1) is 28.8 Å². The Balaban J connectivity index is 1.73. The van der Waals surface area contributed by atoms with E-state index in [0.717, 1.165) is 10.6 Å². The van der Waals surface area contributed by atoms with E-state index < -0.39 is 71.0 Å². The SMILES string of the molecule is Cn1cnc(Cn2c(=O)c3c4c(c(-c5cc(C#N)ccc5Cl)cc3n(Cc3cc(F)c(F)c(F)c3)c2=O)C(F)(F)CO4)n1. The third-order valence-electron chi connectivity index (χ3n) is 6.95. The first-order valence-corrected chi connectivity index (χ1v) is 12.8. The monoisotopic (exact) mass is 614 g/mol. The van der Waals surface area contributed by atoms with E-state index >= 15 is 8.78 Å². The number of halogens is 6. The molecule has 1 aliphatic rings. The minimum absolute atomic E-state index is 0.0104. The van der Waals surface area contributed by atoms with E-state index in [1.165, 1.54) is 29.2 Å². The van der Waals surface area contributed by atoms with Gasteiger partial charge in [0, 0.05) is 17.6 Å². The highest BCUT2D eigenvalue weighted by Crippen LogP contribution is 2.50. The molecule has 3 heterocycles. The van der Waals surface area contributed by atoms with E-state index in [2.05, 4.69) is 10.1 Å². The highest BCUT2D eigenvalue weighted by molar-refractivity contribution is 6.33. The summed E-state index contributed by atoms with van der Waals surface area (Å²) in [5, 5.41) is 13.0. The number of rotatable bonds is 5. The van der Waals surface area contributed by atoms with Crippen LogP contribution in [0.3, 0.4) is 0 Å². The van der Waals surface area contributed by atoms with Crippen molar-refractivity contribution in [3.05, 3.63) is 109 Å². The molecule has 0 atom stereocenters. The molecule has 0 saturated heterocycles. The fraction of sp³-hybridized carbons (Fsp3) is 0.179. The van der Waals surface area contributed by atoms with Gasteiger partial charge in [-0.1, -0.05) is 11.6 Å². The lowest BCUT2D eigenvalue weighted by molar-refractivity contribution is -0.0209. The van der Waals surface area contributed by atoms with Crippen LogP contribution in [0.1, 0.15) is 22.5 Å². The summed E-state index contributed by atoms with van der Waals surface area (Å²) in [5.41, 5.74) is -3.33. The Bertz CT molecular complexity index is 2130. The number of hydrogen-bond acceptors (Lipinski definition) is 6. The molecule has 0 bridgehead atoms. The summed E-state index contributed by atoms with van der Waals surface area (Å²) >= 11 is 6.37. The predicted octanol–water partition coefficient (Wildman–Crippen LogP) is 4.48. The van der Waals surface area contributed by atoms with E-state index in [9.17, 15) is 28.0 Å². The molecular formula is C28H16ClF5N6O3. The van der Waals surface area contributed by atoms with Crippen molar-refractivity contribution >= 4 is 22.5 Å². The molecule has 0 aliphatic carbocycles. The predicted molar refractivity (Wildman–Crippen MR) is 143 cm³/mol. The first-order chi connectivity index (χ1) is 20.4. The van der Waals surface area contributed by atoms with Crippen molar-refractivity contribution in [1.29, 1.82) is 5.26 Å². The molecular weight excluding hydrogens is 599 g/mol. The quantitative estimate of drug-likeness (QED) is 0.213. The first-order valence-electron chi connectivity index (χ1n) is 12.4. The van der Waals surface area contributed by atoms with Gasteiger partial charge in [-0.15, -0.1) is 0 Å². The zero-order chi connectivity index (χ0) is 30.8. The average molecular weight is 615 g/mol. The van der Waals surface area contributed by atoms with Crippen LogP contribution in [0.4, 0.5) is 22.0 Å². The Morgan fingerprint density at radius 3 is 2.42 bits per heavy atom. The Morgan fingerprint density at radius 2 is 1.77 bits per heavy atom. The van der Waals surface area contributed by atoms with Gasteiger partial charge in [0.15, 0.2) is 29.9 Å². The normalized spacial score (nSPS) is 13.6. The number of ether oxygens (including phenoxy) is 1. The van der Waals surface area contributed by atoms with Gasteiger partial charge in [0.2, 0.25) is 0 Å². The number of alkyl halides is 2. The Morgan fingerprint density at radius 1 is 1.05 bits per heavy atom. The van der Waals surface area contributed by atoms with Gasteiger partial charge in [0.25, 0.3) is 5.56 Å². The highest BCUT2D eigenvalue weighted by Gasteiger charge is 2.46. The van der Waals surface area contributed by atoms with E-state index in [1.54, 1.807) is 7.05 Å². The average Bonchev–Trinajstić information content (AvgIpc) is 3.53. The molecule has 6 rings (SSSR count). The maximum atomic E-state index is 15.4. The van der Waals surface area contributed by atoms with Crippen molar-refractivity contribution in [2.75, 3.05) is 6.61 Å². The molecule has 3 aromatic carbocycles. The number of nitrogens with zero attached hydrogens (tertiary/aromatic N) is 6. The van der Waals surface area contributed by atoms with Crippen molar-refractivity contribution in [2.45, 2.75) is 19.0 Å². The topological polar surface area (TPSA) is 108 Å². The van der Waals surface area contributed by atoms with Gasteiger partial charge in [-0.25, -0.2) is 22.9 Å². The van der Waals surface area contributed by atoms with Crippen LogP contribution in [0.15, 0.2) is 52.3 Å². The van der Waals surface area contributed by atoms with E-state index in [4.69, 9.17) is 16.3 Å². The number of aryl methyl sites for hydroxylation is 1. The zero-order valence-electron chi connectivity index (χ0n) is 21.8. The summed E-state index contributed by atoms with van der Waals surface area (Å²) in [4.78, 5) is 31.7. The summed E-state index contributed by atoms with van der Waals surface area (Å²) < 4.78 is 81.1. The van der Waals surface area contributed by atoms with Crippen molar-refractivity contribution in [3.63, 3.8) is 0 Å². The van der Waals surface area contributed by atoms with E-state index in [0.29, 0.717) is 16.7 Å². The van der Waals surface area contributed by atoms with Crippen LogP contribution in [-0.2, 0) is 26.1 Å². The Labute approximate surface area is 242 Å². The van der Waals surface area contributed by atoms with Gasteiger partial charge in [-0.2, -0.15) is 19.1 Å². The lowest BCUT2D eigenvalue weighted by Crippen LogP contribution is -2.41. The second-order valence-electron chi connectivity index (χ2n) is 9.79. The second kappa shape index (κ2) is 10.1. The number of hydrogen-bond donors (Lipinski definition) is 0. The minimum atomic E-state index is -3.62. The molecule has 15 heteroatoms. The van der Waals surface area contributed by atoms with Gasteiger partial charge in [0.1, 0.15) is 17.5 Å². The molecule has 0 radical (unpaired) electrons. The third kappa shape index (κ3) is 4.62. The molecule has 0 unspecified atom stereocenters. The largest absolute Gasteiger partial charge is 0.485 e. The molecule has 5 aromatic rings. The molecule has 2 aromatic heterocycles. The smallest absolute Gasteiger partial charge is 0.332 e. The summed E-state index contributed by atoms with van der Waals surface area (Å²) in [7, 11) is 1.55. The van der Waals surface area contributed by atoms with Gasteiger partial charge in [-0.05, 0) is 47.5 Å². The van der Waals surface area contributed by atoms with E-state index in [1.807, 2.05) is 6.07 Å². The standard InChI is InChI=1S/C28H16ClF5N6O3/c1-38-12-36-21(37-38)10-40-26(41)22-20(39(27(40)42)9-14-5-18(30)24(32)19(31)6-14)7-16(23-25(22)43-11-28(23,33)34)15-4-13(8-35)2-3-17(15)29/h2-7,12H,9-11H2,1H3. The molecule has 218 valence electrons. The number of nitriles is 1. The molecule has 0 saturated carbocycles. The van der Waals surface area contributed by atoms with Crippen LogP contribution in [0.5, 0.6) is 5.75 Å². The van der Waals surface area contributed by atoms with Crippen LogP contribution in [-0.4, -0.2) is 30.5 Å². The van der Waals surface area contributed by atoms with Crippen LogP contribution < -0.4 is 16.0 Å². The molecule has 0 N–H and O–H groups in total. The second-order valence-corrected chi connectivity index (χ2v) is 10.2. The number of fused-ring (bicyclic) bond motifs is 3. The van der Waals surface area contributed by atoms with Gasteiger partial charge >= 0.3 is 11.6 Å². The van der Waals surface area contributed by atoms with Crippen molar-refractivity contribution in [3.8, 4) is 22.9 Å². The molecule has 43 heavy (non-hydrogen) atoms. The minimum Gasteiger partial charge on any atom is -0.485 e. The lowest BCUT2D eigenvalue weighted by atomic mass is 9.93. The fourth-order valence-electron chi connectivity index (χ4n) is 5.06. The lowest BCUT2D eigenvalue weighted by Gasteiger charge is -2.19. The fourth-order valence-corrected chi connectivity index (χ4v) is 5.28. The molecule has 1 aliphatic heterocycles. The zero-order valence-corrected chi connectivity index (χ0v) is 22.6.